The van der Waals surface area contributed by atoms with E-state index in [0.717, 1.165) is 30.3 Å². The van der Waals surface area contributed by atoms with E-state index < -0.39 is 0 Å². The maximum atomic E-state index is 11.7. The topological polar surface area (TPSA) is 64.1 Å². The highest BCUT2D eigenvalue weighted by atomic mass is 35.5. The average Bonchev–Trinajstić information content (AvgIpc) is 2.75. The Morgan fingerprint density at radius 3 is 2.85 bits per heavy atom. The van der Waals surface area contributed by atoms with Gasteiger partial charge in [-0.25, -0.2) is 14.8 Å². The van der Waals surface area contributed by atoms with Crippen LogP contribution >= 0.6 is 22.9 Å². The SMILES string of the molecule is CCCCNc1nc(Cl)nc2sc(C(=O)OC)c(C)c12. The van der Waals surface area contributed by atoms with E-state index in [2.05, 4.69) is 22.2 Å². The van der Waals surface area contributed by atoms with Crippen LogP contribution in [0.15, 0.2) is 0 Å². The second-order valence-electron chi connectivity index (χ2n) is 4.35. The lowest BCUT2D eigenvalue weighted by molar-refractivity contribution is 0.0605. The molecule has 0 bridgehead atoms. The summed E-state index contributed by atoms with van der Waals surface area (Å²) in [5.41, 5.74) is 0.826. The zero-order valence-corrected chi connectivity index (χ0v) is 13.2. The number of carbonyl (C=O) groups excluding carboxylic acids is 1. The fourth-order valence-electron chi connectivity index (χ4n) is 1.91. The van der Waals surface area contributed by atoms with Gasteiger partial charge in [0.2, 0.25) is 5.28 Å². The van der Waals surface area contributed by atoms with Gasteiger partial charge in [0.1, 0.15) is 15.5 Å². The number of hydrogen-bond donors (Lipinski definition) is 1. The second kappa shape index (κ2) is 6.37. The number of esters is 1. The molecule has 20 heavy (non-hydrogen) atoms. The maximum absolute atomic E-state index is 11.7. The Morgan fingerprint density at radius 1 is 1.45 bits per heavy atom. The summed E-state index contributed by atoms with van der Waals surface area (Å²) < 4.78 is 4.79. The predicted octanol–water partition coefficient (Wildman–Crippen LogP) is 3.65. The number of thiophene rings is 1. The fourth-order valence-corrected chi connectivity index (χ4v) is 3.23. The van der Waals surface area contributed by atoms with E-state index in [1.54, 1.807) is 0 Å². The molecule has 108 valence electrons. The largest absolute Gasteiger partial charge is 0.465 e. The third-order valence-electron chi connectivity index (χ3n) is 2.96. The third-order valence-corrected chi connectivity index (χ3v) is 4.29. The van der Waals surface area contributed by atoms with Crippen molar-refractivity contribution in [2.75, 3.05) is 19.0 Å². The smallest absolute Gasteiger partial charge is 0.348 e. The Kier molecular flexibility index (Phi) is 4.77. The zero-order valence-electron chi connectivity index (χ0n) is 11.6. The number of anilines is 1. The number of hydrogen-bond acceptors (Lipinski definition) is 6. The van der Waals surface area contributed by atoms with Gasteiger partial charge in [-0.2, -0.15) is 0 Å². The van der Waals surface area contributed by atoms with Gasteiger partial charge >= 0.3 is 5.97 Å². The summed E-state index contributed by atoms with van der Waals surface area (Å²) in [4.78, 5) is 21.4. The van der Waals surface area contributed by atoms with Gasteiger partial charge in [-0.05, 0) is 30.5 Å². The summed E-state index contributed by atoms with van der Waals surface area (Å²) in [6, 6.07) is 0. The highest BCUT2D eigenvalue weighted by Gasteiger charge is 2.20. The standard InChI is InChI=1S/C13H16ClN3O2S/c1-4-5-6-15-10-8-7(2)9(12(18)19-3)20-11(8)17-13(14)16-10/h4-6H2,1-3H3,(H,15,16,17). The highest BCUT2D eigenvalue weighted by molar-refractivity contribution is 7.20. The molecular formula is C13H16ClN3O2S. The molecule has 0 aliphatic carbocycles. The van der Waals surface area contributed by atoms with Crippen molar-refractivity contribution in [2.45, 2.75) is 26.7 Å². The molecular weight excluding hydrogens is 298 g/mol. The number of methoxy groups -OCH3 is 1. The lowest BCUT2D eigenvalue weighted by atomic mass is 10.2. The summed E-state index contributed by atoms with van der Waals surface area (Å²) in [5, 5.41) is 4.28. The van der Waals surface area contributed by atoms with Crippen LogP contribution in [-0.4, -0.2) is 29.6 Å². The number of nitrogens with one attached hydrogen (secondary N) is 1. The quantitative estimate of drug-likeness (QED) is 0.518. The molecule has 2 aromatic heterocycles. The Balaban J connectivity index is 2.51. The molecule has 2 aromatic rings. The molecule has 1 N–H and O–H groups in total. The van der Waals surface area contributed by atoms with Gasteiger partial charge in [-0.15, -0.1) is 11.3 Å². The van der Waals surface area contributed by atoms with Crippen molar-refractivity contribution in [3.8, 4) is 0 Å². The minimum atomic E-state index is -0.360. The lowest BCUT2D eigenvalue weighted by Gasteiger charge is -2.07. The molecule has 0 fully saturated rings. The number of halogens is 1. The molecule has 5 nitrogen and oxygen atoms in total. The van der Waals surface area contributed by atoms with Crippen LogP contribution in [0.2, 0.25) is 5.28 Å². The van der Waals surface area contributed by atoms with Gasteiger partial charge in [-0.1, -0.05) is 13.3 Å². The van der Waals surface area contributed by atoms with Crippen LogP contribution in [0.1, 0.15) is 35.0 Å². The zero-order chi connectivity index (χ0) is 14.7. The Labute approximate surface area is 126 Å². The highest BCUT2D eigenvalue weighted by Crippen LogP contribution is 2.34. The van der Waals surface area contributed by atoms with E-state index in [9.17, 15) is 4.79 Å². The third kappa shape index (κ3) is 2.86. The Hall–Kier alpha value is -1.40. The molecule has 2 rings (SSSR count). The van der Waals surface area contributed by atoms with Crippen LogP contribution in [0.5, 0.6) is 0 Å². The van der Waals surface area contributed by atoms with Gasteiger partial charge in [0.05, 0.1) is 12.5 Å². The molecule has 0 aromatic carbocycles. The minimum Gasteiger partial charge on any atom is -0.465 e. The van der Waals surface area contributed by atoms with Crippen molar-refractivity contribution >= 4 is 44.9 Å². The average molecular weight is 314 g/mol. The van der Waals surface area contributed by atoms with Crippen LogP contribution in [-0.2, 0) is 4.74 Å². The number of unbranched alkanes of at least 4 members (excludes halogenated alkanes) is 1. The first-order valence-corrected chi connectivity index (χ1v) is 7.56. The van der Waals surface area contributed by atoms with Crippen LogP contribution in [0.25, 0.3) is 10.2 Å². The molecule has 0 aliphatic rings. The van der Waals surface area contributed by atoms with Crippen LogP contribution in [0, 0.1) is 6.92 Å². The van der Waals surface area contributed by atoms with Crippen molar-refractivity contribution in [1.82, 2.24) is 9.97 Å². The molecule has 0 saturated heterocycles. The number of nitrogens with zero attached hydrogens (tertiary/aromatic N) is 2. The molecule has 7 heteroatoms. The van der Waals surface area contributed by atoms with E-state index in [1.165, 1.54) is 18.4 Å². The van der Waals surface area contributed by atoms with Crippen LogP contribution < -0.4 is 5.32 Å². The lowest BCUT2D eigenvalue weighted by Crippen LogP contribution is -2.05. The number of carbonyl (C=O) groups is 1. The van der Waals surface area contributed by atoms with E-state index in [-0.39, 0.29) is 11.3 Å². The molecule has 0 aliphatic heterocycles. The van der Waals surface area contributed by atoms with E-state index >= 15 is 0 Å². The van der Waals surface area contributed by atoms with E-state index in [1.807, 2.05) is 6.92 Å². The number of aryl methyl sites for hydroxylation is 1. The van der Waals surface area contributed by atoms with E-state index in [0.29, 0.717) is 15.5 Å². The predicted molar refractivity (Wildman–Crippen MR) is 81.9 cm³/mol. The molecule has 2 heterocycles. The first kappa shape index (κ1) is 15.0. The first-order chi connectivity index (χ1) is 9.58. The van der Waals surface area contributed by atoms with Gasteiger partial charge in [0, 0.05) is 6.54 Å². The molecule has 0 saturated carbocycles. The van der Waals surface area contributed by atoms with E-state index in [4.69, 9.17) is 16.3 Å². The number of fused-ring (bicyclic) bond motifs is 1. The van der Waals surface area contributed by atoms with Crippen LogP contribution in [0.4, 0.5) is 5.82 Å². The molecule has 0 spiro atoms. The number of ether oxygens (including phenoxy) is 1. The normalized spacial score (nSPS) is 10.8. The fraction of sp³-hybridized carbons (Fsp3) is 0.462. The van der Waals surface area contributed by atoms with Gasteiger partial charge in [0.25, 0.3) is 0 Å². The van der Waals surface area contributed by atoms with Crippen LogP contribution in [0.3, 0.4) is 0 Å². The number of rotatable bonds is 5. The molecule has 0 atom stereocenters. The molecule has 0 unspecified atom stereocenters. The Bertz CT molecular complexity index is 642. The van der Waals surface area contributed by atoms with Crippen molar-refractivity contribution < 1.29 is 9.53 Å². The summed E-state index contributed by atoms with van der Waals surface area (Å²) in [6.45, 7) is 4.80. The minimum absolute atomic E-state index is 0.175. The van der Waals surface area contributed by atoms with Crippen molar-refractivity contribution in [1.29, 1.82) is 0 Å². The molecule has 0 radical (unpaired) electrons. The maximum Gasteiger partial charge on any atom is 0.348 e. The molecule has 0 amide bonds. The van der Waals surface area contributed by atoms with Gasteiger partial charge < -0.3 is 10.1 Å². The summed E-state index contributed by atoms with van der Waals surface area (Å²) >= 11 is 7.21. The van der Waals surface area contributed by atoms with Crippen molar-refractivity contribution in [2.24, 2.45) is 0 Å². The van der Waals surface area contributed by atoms with Crippen molar-refractivity contribution in [3.63, 3.8) is 0 Å². The van der Waals surface area contributed by atoms with Gasteiger partial charge in [0.15, 0.2) is 0 Å². The summed E-state index contributed by atoms with van der Waals surface area (Å²) in [5.74, 6) is 0.318. The first-order valence-electron chi connectivity index (χ1n) is 6.37. The summed E-state index contributed by atoms with van der Waals surface area (Å²) in [7, 11) is 1.37. The van der Waals surface area contributed by atoms with Gasteiger partial charge in [-0.3, -0.25) is 0 Å². The number of aromatic nitrogens is 2. The summed E-state index contributed by atoms with van der Waals surface area (Å²) in [6.07, 6.45) is 2.13. The monoisotopic (exact) mass is 313 g/mol. The second-order valence-corrected chi connectivity index (χ2v) is 5.69. The Morgan fingerprint density at radius 2 is 2.20 bits per heavy atom. The van der Waals surface area contributed by atoms with Crippen molar-refractivity contribution in [3.05, 3.63) is 15.7 Å².